The zero-order chi connectivity index (χ0) is 18.4. The van der Waals surface area contributed by atoms with Gasteiger partial charge in [-0.25, -0.2) is 4.98 Å². The molecule has 1 aromatic carbocycles. The highest BCUT2D eigenvalue weighted by molar-refractivity contribution is 6.08. The van der Waals surface area contributed by atoms with Gasteiger partial charge in [0.2, 0.25) is 5.91 Å². The molecule has 1 fully saturated rings. The lowest BCUT2D eigenvalue weighted by Gasteiger charge is -2.14. The molecule has 8 heteroatoms. The molecule has 0 unspecified atom stereocenters. The van der Waals surface area contributed by atoms with E-state index in [-0.39, 0.29) is 12.5 Å². The minimum Gasteiger partial charge on any atom is -0.382 e. The molecule has 136 valence electrons. The van der Waals surface area contributed by atoms with Crippen molar-refractivity contribution in [1.82, 2.24) is 29.9 Å². The van der Waals surface area contributed by atoms with Crippen molar-refractivity contribution >= 4 is 33.5 Å². The second kappa shape index (κ2) is 6.08. The van der Waals surface area contributed by atoms with Gasteiger partial charge in [-0.15, -0.1) is 0 Å². The summed E-state index contributed by atoms with van der Waals surface area (Å²) in [5.74, 6) is 0.459. The topological polar surface area (TPSA) is 106 Å². The van der Waals surface area contributed by atoms with Crippen LogP contribution in [0.4, 0.5) is 5.82 Å². The Morgan fingerprint density at radius 1 is 1.19 bits per heavy atom. The molecular weight excluding hydrogens is 342 g/mol. The third-order valence-corrected chi connectivity index (χ3v) is 5.09. The Balaban J connectivity index is 1.56. The summed E-state index contributed by atoms with van der Waals surface area (Å²) < 4.78 is 1.67. The minimum absolute atomic E-state index is 0.0944. The van der Waals surface area contributed by atoms with Crippen LogP contribution >= 0.6 is 0 Å². The van der Waals surface area contributed by atoms with Gasteiger partial charge in [-0.2, -0.15) is 10.2 Å². The number of nitrogens with zero attached hydrogens (tertiary/aromatic N) is 5. The van der Waals surface area contributed by atoms with Crippen LogP contribution in [0.1, 0.15) is 12.8 Å². The monoisotopic (exact) mass is 361 g/mol. The summed E-state index contributed by atoms with van der Waals surface area (Å²) in [4.78, 5) is 18.8. The van der Waals surface area contributed by atoms with Crippen LogP contribution in [0.15, 0.2) is 36.7 Å². The molecule has 3 aromatic heterocycles. The van der Waals surface area contributed by atoms with Gasteiger partial charge in [-0.3, -0.25) is 14.6 Å². The maximum atomic E-state index is 12.4. The lowest BCUT2D eigenvalue weighted by Crippen LogP contribution is -2.31. The number of H-pyrrole nitrogens is 1. The van der Waals surface area contributed by atoms with Crippen LogP contribution in [0.5, 0.6) is 0 Å². The number of amides is 1. The third-order valence-electron chi connectivity index (χ3n) is 5.09. The Hall–Kier alpha value is -3.42. The van der Waals surface area contributed by atoms with E-state index in [4.69, 9.17) is 5.73 Å². The maximum Gasteiger partial charge on any atom is 0.244 e. The molecule has 0 spiro atoms. The van der Waals surface area contributed by atoms with E-state index in [1.54, 1.807) is 10.9 Å². The highest BCUT2D eigenvalue weighted by Crippen LogP contribution is 2.30. The van der Waals surface area contributed by atoms with Crippen molar-refractivity contribution in [2.75, 3.05) is 18.8 Å². The molecule has 1 aliphatic heterocycles. The molecule has 0 atom stereocenters. The van der Waals surface area contributed by atoms with E-state index in [2.05, 4.69) is 20.3 Å². The quantitative estimate of drug-likeness (QED) is 0.582. The first kappa shape index (κ1) is 15.8. The molecule has 1 amide bonds. The molecule has 4 heterocycles. The minimum atomic E-state index is 0.0944. The summed E-state index contributed by atoms with van der Waals surface area (Å²) in [5, 5.41) is 13.4. The fourth-order valence-electron chi connectivity index (χ4n) is 3.71. The van der Waals surface area contributed by atoms with E-state index in [1.807, 2.05) is 35.4 Å². The van der Waals surface area contributed by atoms with Crippen LogP contribution in [-0.4, -0.2) is 48.9 Å². The molecule has 1 saturated heterocycles. The van der Waals surface area contributed by atoms with E-state index < -0.39 is 0 Å². The molecule has 0 bridgehead atoms. The molecule has 3 N–H and O–H groups in total. The van der Waals surface area contributed by atoms with Crippen molar-refractivity contribution in [2.24, 2.45) is 0 Å². The zero-order valence-electron chi connectivity index (χ0n) is 14.7. The van der Waals surface area contributed by atoms with Gasteiger partial charge in [0.15, 0.2) is 5.82 Å². The number of nitrogen functional groups attached to an aromatic ring is 1. The van der Waals surface area contributed by atoms with Crippen LogP contribution in [-0.2, 0) is 11.3 Å². The predicted molar refractivity (Wildman–Crippen MR) is 103 cm³/mol. The van der Waals surface area contributed by atoms with Crippen molar-refractivity contribution < 1.29 is 4.79 Å². The van der Waals surface area contributed by atoms with Crippen LogP contribution in [0.3, 0.4) is 0 Å². The number of hydrogen-bond donors (Lipinski definition) is 2. The third kappa shape index (κ3) is 2.69. The second-order valence-electron chi connectivity index (χ2n) is 6.87. The van der Waals surface area contributed by atoms with Crippen LogP contribution in [0.25, 0.3) is 33.1 Å². The first-order chi connectivity index (χ1) is 13.2. The highest BCUT2D eigenvalue weighted by Gasteiger charge is 2.19. The number of nitrogens with one attached hydrogen (secondary N) is 1. The molecule has 5 rings (SSSR count). The number of anilines is 1. The lowest BCUT2D eigenvalue weighted by atomic mass is 10.1. The summed E-state index contributed by atoms with van der Waals surface area (Å²) in [7, 11) is 0. The number of aromatic nitrogens is 5. The zero-order valence-corrected chi connectivity index (χ0v) is 14.7. The van der Waals surface area contributed by atoms with Gasteiger partial charge in [0.25, 0.3) is 0 Å². The Morgan fingerprint density at radius 3 is 2.81 bits per heavy atom. The van der Waals surface area contributed by atoms with Gasteiger partial charge in [0.1, 0.15) is 12.1 Å². The fourth-order valence-corrected chi connectivity index (χ4v) is 3.71. The molecule has 0 saturated carbocycles. The number of rotatable bonds is 3. The summed E-state index contributed by atoms with van der Waals surface area (Å²) in [6.45, 7) is 1.89. The Kier molecular flexibility index (Phi) is 3.56. The van der Waals surface area contributed by atoms with Gasteiger partial charge in [-0.1, -0.05) is 12.1 Å². The number of benzene rings is 1. The lowest BCUT2D eigenvalue weighted by molar-refractivity contribution is -0.130. The number of carbonyl (C=O) groups excluding carboxylic acids is 1. The largest absolute Gasteiger partial charge is 0.382 e. The average Bonchev–Trinajstić information content (AvgIpc) is 3.42. The Labute approximate surface area is 155 Å². The van der Waals surface area contributed by atoms with Crippen molar-refractivity contribution in [3.8, 4) is 11.3 Å². The number of aromatic amines is 1. The average molecular weight is 361 g/mol. The predicted octanol–water partition coefficient (Wildman–Crippen LogP) is 2.18. The number of hydrogen-bond acceptors (Lipinski definition) is 5. The summed E-state index contributed by atoms with van der Waals surface area (Å²) in [6.07, 6.45) is 5.82. The summed E-state index contributed by atoms with van der Waals surface area (Å²) in [5.41, 5.74) is 9.38. The van der Waals surface area contributed by atoms with Crippen LogP contribution in [0, 0.1) is 0 Å². The molecule has 0 aliphatic carbocycles. The normalized spacial score (nSPS) is 14.4. The number of likely N-dealkylation sites (tertiary alicyclic amines) is 1. The summed E-state index contributed by atoms with van der Waals surface area (Å²) >= 11 is 0. The van der Waals surface area contributed by atoms with Gasteiger partial charge in [-0.05, 0) is 25.0 Å². The molecule has 27 heavy (non-hydrogen) atoms. The molecule has 0 radical (unpaired) electrons. The van der Waals surface area contributed by atoms with Gasteiger partial charge in [0, 0.05) is 41.8 Å². The first-order valence-corrected chi connectivity index (χ1v) is 9.03. The van der Waals surface area contributed by atoms with Gasteiger partial charge < -0.3 is 10.6 Å². The number of carbonyl (C=O) groups is 1. The highest BCUT2D eigenvalue weighted by atomic mass is 16.2. The number of fused-ring (bicyclic) bond motifs is 3. The molecule has 8 nitrogen and oxygen atoms in total. The smallest absolute Gasteiger partial charge is 0.244 e. The Bertz CT molecular complexity index is 1140. The van der Waals surface area contributed by atoms with E-state index in [1.165, 1.54) is 0 Å². The first-order valence-electron chi connectivity index (χ1n) is 9.03. The number of pyridine rings is 1. The van der Waals surface area contributed by atoms with E-state index in [0.717, 1.165) is 53.5 Å². The van der Waals surface area contributed by atoms with E-state index in [0.29, 0.717) is 11.3 Å². The molecule has 1 aliphatic rings. The van der Waals surface area contributed by atoms with E-state index >= 15 is 0 Å². The van der Waals surface area contributed by atoms with E-state index in [9.17, 15) is 4.79 Å². The fraction of sp³-hybridized carbons (Fsp3) is 0.263. The second-order valence-corrected chi connectivity index (χ2v) is 6.87. The Morgan fingerprint density at radius 2 is 2.04 bits per heavy atom. The summed E-state index contributed by atoms with van der Waals surface area (Å²) in [6, 6.07) is 7.88. The van der Waals surface area contributed by atoms with Crippen molar-refractivity contribution in [2.45, 2.75) is 19.4 Å². The standard InChI is InChI=1S/C19H19N7O/c20-19-18-14(10-26(24-18)11-17(27)25-7-1-2-8-25)13-4-3-12(9-16(13)22-19)15-5-6-21-23-15/h3-6,9-10H,1-2,7-8,11H2,(H2,20,22)(H,21,23). The molecule has 4 aromatic rings. The van der Waals surface area contributed by atoms with Gasteiger partial charge >= 0.3 is 0 Å². The SMILES string of the molecule is Nc1nc2cc(-c3cc[nH]n3)ccc2c2cn(CC(=O)N3CCCC3)nc12. The van der Waals surface area contributed by atoms with Crippen molar-refractivity contribution in [3.63, 3.8) is 0 Å². The van der Waals surface area contributed by atoms with Crippen molar-refractivity contribution in [1.29, 1.82) is 0 Å². The van der Waals surface area contributed by atoms with Gasteiger partial charge in [0.05, 0.1) is 11.2 Å². The number of nitrogens with two attached hydrogens (primary N) is 1. The van der Waals surface area contributed by atoms with Crippen LogP contribution < -0.4 is 5.73 Å². The van der Waals surface area contributed by atoms with Crippen LogP contribution in [0.2, 0.25) is 0 Å². The maximum absolute atomic E-state index is 12.4. The van der Waals surface area contributed by atoms with Crippen molar-refractivity contribution in [3.05, 3.63) is 36.7 Å². The molecular formula is C19H19N7O.